The molecule has 122 valence electrons. The van der Waals surface area contributed by atoms with Gasteiger partial charge in [0.2, 0.25) is 0 Å². The second kappa shape index (κ2) is 7.11. The lowest BCUT2D eigenvalue weighted by molar-refractivity contribution is 0.102. The lowest BCUT2D eigenvalue weighted by Gasteiger charge is -2.13. The van der Waals surface area contributed by atoms with E-state index in [4.69, 9.17) is 11.6 Å². The Morgan fingerprint density at radius 3 is 2.79 bits per heavy atom. The quantitative estimate of drug-likeness (QED) is 0.682. The first-order valence-electron chi connectivity index (χ1n) is 7.34. The molecule has 1 heterocycles. The third kappa shape index (κ3) is 3.47. The number of halogens is 1. The Morgan fingerprint density at radius 1 is 1.25 bits per heavy atom. The molecule has 1 amide bonds. The molecule has 0 saturated heterocycles. The van der Waals surface area contributed by atoms with Gasteiger partial charge < -0.3 is 5.32 Å². The van der Waals surface area contributed by atoms with Crippen LogP contribution >= 0.6 is 23.4 Å². The van der Waals surface area contributed by atoms with Gasteiger partial charge in [0.15, 0.2) is 0 Å². The molecule has 6 heteroatoms. The Hall–Kier alpha value is -2.24. The molecule has 4 nitrogen and oxygen atoms in total. The highest BCUT2D eigenvalue weighted by molar-refractivity contribution is 7.98. The van der Waals surface area contributed by atoms with Gasteiger partial charge >= 0.3 is 0 Å². The van der Waals surface area contributed by atoms with E-state index in [9.17, 15) is 4.79 Å². The fourth-order valence-electron chi connectivity index (χ4n) is 2.38. The standard InChI is InChI=1S/C18H16ClN3OS/c1-12-4-6-14(24-2)11-15(12)18(23)21-16-10-13(19)5-7-17(16)22-9-3-8-20-22/h3-11H,1-2H3,(H,21,23). The van der Waals surface area contributed by atoms with Crippen LogP contribution in [0.15, 0.2) is 59.8 Å². The Labute approximate surface area is 149 Å². The molecule has 0 saturated carbocycles. The molecule has 0 unspecified atom stereocenters. The summed E-state index contributed by atoms with van der Waals surface area (Å²) >= 11 is 7.71. The van der Waals surface area contributed by atoms with E-state index in [1.807, 2.05) is 49.7 Å². The van der Waals surface area contributed by atoms with Gasteiger partial charge in [0, 0.05) is 27.9 Å². The predicted molar refractivity (Wildman–Crippen MR) is 99.5 cm³/mol. The SMILES string of the molecule is CSc1ccc(C)c(C(=O)Nc2cc(Cl)ccc2-n2cccn2)c1. The van der Waals surface area contributed by atoms with Crippen molar-refractivity contribution < 1.29 is 4.79 Å². The van der Waals surface area contributed by atoms with E-state index in [0.717, 1.165) is 16.1 Å². The van der Waals surface area contributed by atoms with E-state index < -0.39 is 0 Å². The lowest BCUT2D eigenvalue weighted by Crippen LogP contribution is -2.15. The van der Waals surface area contributed by atoms with Crippen molar-refractivity contribution in [3.8, 4) is 5.69 Å². The summed E-state index contributed by atoms with van der Waals surface area (Å²) in [6, 6.07) is 13.0. The molecule has 0 aliphatic heterocycles. The van der Waals surface area contributed by atoms with Crippen LogP contribution in [0.25, 0.3) is 5.69 Å². The van der Waals surface area contributed by atoms with Crippen LogP contribution in [0.5, 0.6) is 0 Å². The summed E-state index contributed by atoms with van der Waals surface area (Å²) in [6.45, 7) is 1.92. The molecule has 0 fully saturated rings. The summed E-state index contributed by atoms with van der Waals surface area (Å²) in [5.74, 6) is -0.168. The van der Waals surface area contributed by atoms with Gasteiger partial charge in [0.05, 0.1) is 11.4 Å². The maximum atomic E-state index is 12.7. The summed E-state index contributed by atoms with van der Waals surface area (Å²) in [6.07, 6.45) is 5.49. The number of nitrogens with zero attached hydrogens (tertiary/aromatic N) is 2. The molecule has 0 bridgehead atoms. The number of hydrogen-bond donors (Lipinski definition) is 1. The average Bonchev–Trinajstić information content (AvgIpc) is 3.09. The fraction of sp³-hybridized carbons (Fsp3) is 0.111. The Balaban J connectivity index is 1.97. The van der Waals surface area contributed by atoms with Crippen LogP contribution in [0.4, 0.5) is 5.69 Å². The number of hydrogen-bond acceptors (Lipinski definition) is 3. The minimum Gasteiger partial charge on any atom is -0.320 e. The number of carbonyl (C=O) groups excluding carboxylic acids is 1. The van der Waals surface area contributed by atoms with Crippen molar-refractivity contribution in [2.45, 2.75) is 11.8 Å². The van der Waals surface area contributed by atoms with Crippen molar-refractivity contribution in [3.05, 3.63) is 71.0 Å². The highest BCUT2D eigenvalue weighted by Crippen LogP contribution is 2.26. The van der Waals surface area contributed by atoms with Crippen LogP contribution in [0.1, 0.15) is 15.9 Å². The molecule has 0 aliphatic carbocycles. The number of benzene rings is 2. The predicted octanol–water partition coefficient (Wildman–Crippen LogP) is 4.81. The monoisotopic (exact) mass is 357 g/mol. The van der Waals surface area contributed by atoms with Gasteiger partial charge in [-0.15, -0.1) is 11.8 Å². The minimum absolute atomic E-state index is 0.168. The molecular weight excluding hydrogens is 342 g/mol. The first-order valence-corrected chi connectivity index (χ1v) is 8.94. The van der Waals surface area contributed by atoms with Crippen LogP contribution < -0.4 is 5.32 Å². The molecule has 0 atom stereocenters. The molecule has 0 radical (unpaired) electrons. The van der Waals surface area contributed by atoms with Crippen LogP contribution in [0.3, 0.4) is 0 Å². The zero-order chi connectivity index (χ0) is 17.1. The van der Waals surface area contributed by atoms with E-state index >= 15 is 0 Å². The Morgan fingerprint density at radius 2 is 2.08 bits per heavy atom. The zero-order valence-corrected chi connectivity index (χ0v) is 14.9. The van der Waals surface area contributed by atoms with Crippen molar-refractivity contribution in [2.75, 3.05) is 11.6 Å². The largest absolute Gasteiger partial charge is 0.320 e. The fourth-order valence-corrected chi connectivity index (χ4v) is 2.99. The van der Waals surface area contributed by atoms with Crippen molar-refractivity contribution in [1.82, 2.24) is 9.78 Å². The van der Waals surface area contributed by atoms with Crippen molar-refractivity contribution >= 4 is 35.0 Å². The third-order valence-corrected chi connectivity index (χ3v) is 4.61. The summed E-state index contributed by atoms with van der Waals surface area (Å²) in [4.78, 5) is 13.8. The van der Waals surface area contributed by atoms with Gasteiger partial charge in [-0.3, -0.25) is 4.79 Å². The maximum absolute atomic E-state index is 12.7. The smallest absolute Gasteiger partial charge is 0.256 e. The first kappa shape index (κ1) is 16.6. The number of thioether (sulfide) groups is 1. The molecular formula is C18H16ClN3OS. The normalized spacial score (nSPS) is 10.6. The summed E-state index contributed by atoms with van der Waals surface area (Å²) < 4.78 is 1.69. The summed E-state index contributed by atoms with van der Waals surface area (Å²) in [7, 11) is 0. The van der Waals surface area contributed by atoms with E-state index in [1.165, 1.54) is 0 Å². The molecule has 2 aromatic carbocycles. The highest BCUT2D eigenvalue weighted by atomic mass is 35.5. The van der Waals surface area contributed by atoms with Gasteiger partial charge in [-0.25, -0.2) is 4.68 Å². The van der Waals surface area contributed by atoms with Crippen LogP contribution in [0.2, 0.25) is 5.02 Å². The molecule has 3 aromatic rings. The number of carbonyl (C=O) groups is 1. The molecule has 24 heavy (non-hydrogen) atoms. The summed E-state index contributed by atoms with van der Waals surface area (Å²) in [5, 5.41) is 7.73. The highest BCUT2D eigenvalue weighted by Gasteiger charge is 2.14. The second-order valence-corrected chi connectivity index (χ2v) is 6.56. The number of anilines is 1. The van der Waals surface area contributed by atoms with Crippen LogP contribution in [-0.2, 0) is 0 Å². The zero-order valence-electron chi connectivity index (χ0n) is 13.3. The molecule has 1 aromatic heterocycles. The maximum Gasteiger partial charge on any atom is 0.256 e. The van der Waals surface area contributed by atoms with Crippen LogP contribution in [0, 0.1) is 6.92 Å². The summed E-state index contributed by atoms with van der Waals surface area (Å²) in [5.41, 5.74) is 2.95. The Bertz CT molecular complexity index is 878. The number of nitrogens with one attached hydrogen (secondary N) is 1. The third-order valence-electron chi connectivity index (χ3n) is 3.65. The Kier molecular flexibility index (Phi) is 4.92. The lowest BCUT2D eigenvalue weighted by atomic mass is 10.1. The van der Waals surface area contributed by atoms with E-state index in [1.54, 1.807) is 34.8 Å². The number of aryl methyl sites for hydroxylation is 1. The molecule has 1 N–H and O–H groups in total. The number of aromatic nitrogens is 2. The van der Waals surface area contributed by atoms with Gasteiger partial charge in [-0.1, -0.05) is 17.7 Å². The number of amides is 1. The average molecular weight is 358 g/mol. The molecule has 3 rings (SSSR count). The van der Waals surface area contributed by atoms with Gasteiger partial charge in [0.25, 0.3) is 5.91 Å². The van der Waals surface area contributed by atoms with Gasteiger partial charge in [0.1, 0.15) is 0 Å². The first-order chi connectivity index (χ1) is 11.6. The van der Waals surface area contributed by atoms with Gasteiger partial charge in [-0.05, 0) is 55.1 Å². The van der Waals surface area contributed by atoms with Crippen molar-refractivity contribution in [3.63, 3.8) is 0 Å². The minimum atomic E-state index is -0.168. The van der Waals surface area contributed by atoms with E-state index in [2.05, 4.69) is 10.4 Å². The number of rotatable bonds is 4. The van der Waals surface area contributed by atoms with Gasteiger partial charge in [-0.2, -0.15) is 5.10 Å². The second-order valence-electron chi connectivity index (χ2n) is 5.25. The van der Waals surface area contributed by atoms with Crippen LogP contribution in [-0.4, -0.2) is 21.9 Å². The topological polar surface area (TPSA) is 46.9 Å². The van der Waals surface area contributed by atoms with Crippen molar-refractivity contribution in [2.24, 2.45) is 0 Å². The van der Waals surface area contributed by atoms with E-state index in [-0.39, 0.29) is 5.91 Å². The molecule has 0 aliphatic rings. The van der Waals surface area contributed by atoms with Crippen molar-refractivity contribution in [1.29, 1.82) is 0 Å². The molecule has 0 spiro atoms. The van der Waals surface area contributed by atoms with E-state index in [0.29, 0.717) is 16.3 Å².